The molecule has 0 bridgehead atoms. The summed E-state index contributed by atoms with van der Waals surface area (Å²) in [5, 5.41) is 4.09. The SMILES string of the molecule is O=C(Cn1cccn1)N1CCCC2(CC1)CN(c1ccc(F)cc1)C(=O)CO2. The van der Waals surface area contributed by atoms with E-state index in [0.29, 0.717) is 31.7 Å². The van der Waals surface area contributed by atoms with Gasteiger partial charge in [-0.05, 0) is 49.6 Å². The fourth-order valence-electron chi connectivity index (χ4n) is 3.92. The number of rotatable bonds is 3. The fraction of sp³-hybridized carbons (Fsp3) is 0.450. The molecule has 1 aromatic heterocycles. The number of benzene rings is 1. The summed E-state index contributed by atoms with van der Waals surface area (Å²) in [5.41, 5.74) is 0.188. The Kier molecular flexibility index (Phi) is 5.13. The lowest BCUT2D eigenvalue weighted by Crippen LogP contribution is -2.55. The van der Waals surface area contributed by atoms with Crippen LogP contribution in [-0.4, -0.2) is 58.3 Å². The molecule has 1 unspecified atom stereocenters. The Bertz CT molecular complexity index is 840. The van der Waals surface area contributed by atoms with Crippen LogP contribution in [0.5, 0.6) is 0 Å². The van der Waals surface area contributed by atoms with Crippen molar-refractivity contribution in [2.24, 2.45) is 0 Å². The zero-order valence-electron chi connectivity index (χ0n) is 15.6. The number of carbonyl (C=O) groups is 2. The van der Waals surface area contributed by atoms with Gasteiger partial charge in [-0.2, -0.15) is 5.10 Å². The van der Waals surface area contributed by atoms with E-state index in [2.05, 4.69) is 5.10 Å². The Morgan fingerprint density at radius 1 is 1.21 bits per heavy atom. The molecule has 0 N–H and O–H groups in total. The molecule has 2 saturated heterocycles. The highest BCUT2D eigenvalue weighted by Gasteiger charge is 2.41. The Hall–Kier alpha value is -2.74. The van der Waals surface area contributed by atoms with E-state index in [1.807, 2.05) is 4.90 Å². The van der Waals surface area contributed by atoms with Crippen molar-refractivity contribution in [3.05, 3.63) is 48.5 Å². The van der Waals surface area contributed by atoms with Gasteiger partial charge in [0.25, 0.3) is 5.91 Å². The van der Waals surface area contributed by atoms with Crippen molar-refractivity contribution >= 4 is 17.5 Å². The van der Waals surface area contributed by atoms with Gasteiger partial charge in [0.15, 0.2) is 0 Å². The van der Waals surface area contributed by atoms with E-state index in [9.17, 15) is 14.0 Å². The third-order valence-corrected chi connectivity index (χ3v) is 5.49. The molecule has 7 nitrogen and oxygen atoms in total. The first-order valence-corrected chi connectivity index (χ1v) is 9.50. The van der Waals surface area contributed by atoms with Crippen molar-refractivity contribution in [3.63, 3.8) is 0 Å². The predicted octanol–water partition coefficient (Wildman–Crippen LogP) is 1.84. The number of aromatic nitrogens is 2. The quantitative estimate of drug-likeness (QED) is 0.807. The van der Waals surface area contributed by atoms with Crippen molar-refractivity contribution in [3.8, 4) is 0 Å². The highest BCUT2D eigenvalue weighted by atomic mass is 19.1. The van der Waals surface area contributed by atoms with Gasteiger partial charge in [-0.1, -0.05) is 0 Å². The van der Waals surface area contributed by atoms with Crippen molar-refractivity contribution in [1.82, 2.24) is 14.7 Å². The van der Waals surface area contributed by atoms with Gasteiger partial charge in [0, 0.05) is 31.2 Å². The number of hydrogen-bond acceptors (Lipinski definition) is 4. The lowest BCUT2D eigenvalue weighted by atomic mass is 9.92. The molecule has 148 valence electrons. The Morgan fingerprint density at radius 3 is 2.79 bits per heavy atom. The van der Waals surface area contributed by atoms with Crippen molar-refractivity contribution in [2.75, 3.05) is 31.1 Å². The minimum Gasteiger partial charge on any atom is -0.363 e. The molecule has 1 atom stereocenters. The van der Waals surface area contributed by atoms with Gasteiger partial charge in [-0.25, -0.2) is 4.39 Å². The van der Waals surface area contributed by atoms with E-state index >= 15 is 0 Å². The van der Waals surface area contributed by atoms with E-state index in [0.717, 1.165) is 12.8 Å². The number of hydrogen-bond donors (Lipinski definition) is 0. The van der Waals surface area contributed by atoms with Gasteiger partial charge >= 0.3 is 0 Å². The van der Waals surface area contributed by atoms with E-state index < -0.39 is 5.60 Å². The van der Waals surface area contributed by atoms with Gasteiger partial charge in [0.1, 0.15) is 19.0 Å². The van der Waals surface area contributed by atoms with Gasteiger partial charge in [0.2, 0.25) is 5.91 Å². The third-order valence-electron chi connectivity index (χ3n) is 5.49. The predicted molar refractivity (Wildman–Crippen MR) is 100 cm³/mol. The van der Waals surface area contributed by atoms with E-state index in [1.54, 1.807) is 40.2 Å². The highest BCUT2D eigenvalue weighted by molar-refractivity contribution is 5.95. The second-order valence-electron chi connectivity index (χ2n) is 7.37. The van der Waals surface area contributed by atoms with Crippen LogP contribution in [0.4, 0.5) is 10.1 Å². The first-order chi connectivity index (χ1) is 13.5. The van der Waals surface area contributed by atoms with Crippen molar-refractivity contribution in [2.45, 2.75) is 31.4 Å². The van der Waals surface area contributed by atoms with Gasteiger partial charge < -0.3 is 14.5 Å². The van der Waals surface area contributed by atoms with Crippen LogP contribution >= 0.6 is 0 Å². The maximum absolute atomic E-state index is 13.2. The summed E-state index contributed by atoms with van der Waals surface area (Å²) in [4.78, 5) is 28.5. The van der Waals surface area contributed by atoms with Crippen LogP contribution in [-0.2, 0) is 20.9 Å². The van der Waals surface area contributed by atoms with E-state index in [-0.39, 0.29) is 30.8 Å². The lowest BCUT2D eigenvalue weighted by molar-refractivity contribution is -0.141. The number of amides is 2. The fourth-order valence-corrected chi connectivity index (χ4v) is 3.92. The van der Waals surface area contributed by atoms with Crippen molar-refractivity contribution < 1.29 is 18.7 Å². The molecule has 2 aliphatic rings. The molecule has 0 aliphatic carbocycles. The summed E-state index contributed by atoms with van der Waals surface area (Å²) in [5.74, 6) is -0.434. The minimum absolute atomic E-state index is 0.00138. The Balaban J connectivity index is 1.44. The molecule has 2 aromatic rings. The molecule has 3 heterocycles. The zero-order chi connectivity index (χ0) is 19.6. The Labute approximate surface area is 162 Å². The van der Waals surface area contributed by atoms with Gasteiger partial charge in [0.05, 0.1) is 12.1 Å². The summed E-state index contributed by atoms with van der Waals surface area (Å²) >= 11 is 0. The average molecular weight is 386 g/mol. The second-order valence-corrected chi connectivity index (χ2v) is 7.37. The number of morpholine rings is 1. The molecule has 28 heavy (non-hydrogen) atoms. The monoisotopic (exact) mass is 386 g/mol. The zero-order valence-corrected chi connectivity index (χ0v) is 15.6. The number of anilines is 1. The lowest BCUT2D eigenvalue weighted by Gasteiger charge is -2.42. The van der Waals surface area contributed by atoms with Crippen LogP contribution in [0.25, 0.3) is 0 Å². The van der Waals surface area contributed by atoms with Crippen LogP contribution in [0.1, 0.15) is 19.3 Å². The molecule has 1 spiro atoms. The number of nitrogens with zero attached hydrogens (tertiary/aromatic N) is 4. The molecular formula is C20H23FN4O3. The molecule has 2 amide bonds. The maximum atomic E-state index is 13.2. The smallest absolute Gasteiger partial charge is 0.253 e. The number of likely N-dealkylation sites (tertiary alicyclic amines) is 1. The van der Waals surface area contributed by atoms with E-state index in [4.69, 9.17) is 4.74 Å². The van der Waals surface area contributed by atoms with Crippen LogP contribution in [0.2, 0.25) is 0 Å². The summed E-state index contributed by atoms with van der Waals surface area (Å²) < 4.78 is 20.8. The largest absolute Gasteiger partial charge is 0.363 e. The highest BCUT2D eigenvalue weighted by Crippen LogP contribution is 2.33. The summed E-state index contributed by atoms with van der Waals surface area (Å²) in [6.07, 6.45) is 5.65. The Morgan fingerprint density at radius 2 is 2.04 bits per heavy atom. The summed E-state index contributed by atoms with van der Waals surface area (Å²) in [6, 6.07) is 7.73. The first-order valence-electron chi connectivity index (χ1n) is 9.50. The number of ether oxygens (including phenoxy) is 1. The second kappa shape index (κ2) is 7.71. The van der Waals surface area contributed by atoms with Crippen LogP contribution < -0.4 is 4.90 Å². The molecule has 1 aromatic carbocycles. The summed E-state index contributed by atoms with van der Waals surface area (Å²) in [7, 11) is 0. The molecule has 0 radical (unpaired) electrons. The molecule has 2 fully saturated rings. The number of halogens is 1. The minimum atomic E-state index is -0.483. The molecule has 0 saturated carbocycles. The maximum Gasteiger partial charge on any atom is 0.253 e. The third kappa shape index (κ3) is 3.91. The average Bonchev–Trinajstić information content (AvgIpc) is 3.11. The first kappa shape index (κ1) is 18.6. The van der Waals surface area contributed by atoms with Crippen LogP contribution in [0.15, 0.2) is 42.7 Å². The van der Waals surface area contributed by atoms with Crippen LogP contribution in [0, 0.1) is 5.82 Å². The molecular weight excluding hydrogens is 363 g/mol. The topological polar surface area (TPSA) is 67.7 Å². The van der Waals surface area contributed by atoms with Crippen LogP contribution in [0.3, 0.4) is 0 Å². The standard InChI is InChI=1S/C20H23FN4O3/c21-16-3-5-17(6-4-16)25-15-20(28-14-19(25)27)7-1-10-23(12-8-20)18(26)13-24-11-2-9-22-24/h2-6,9,11H,1,7-8,10,12-15H2. The van der Waals surface area contributed by atoms with Gasteiger partial charge in [-0.3, -0.25) is 14.3 Å². The van der Waals surface area contributed by atoms with Gasteiger partial charge in [-0.15, -0.1) is 0 Å². The molecule has 8 heteroatoms. The summed E-state index contributed by atoms with van der Waals surface area (Å²) in [6.45, 7) is 1.87. The molecule has 2 aliphatic heterocycles. The van der Waals surface area contributed by atoms with E-state index in [1.165, 1.54) is 12.1 Å². The molecule has 4 rings (SSSR count). The normalized spacial score (nSPS) is 23.1. The van der Waals surface area contributed by atoms with Crippen molar-refractivity contribution in [1.29, 1.82) is 0 Å². The number of carbonyl (C=O) groups excluding carboxylic acids is 2.